The van der Waals surface area contributed by atoms with Gasteiger partial charge in [0.15, 0.2) is 5.96 Å². The molecule has 1 saturated heterocycles. The van der Waals surface area contributed by atoms with Crippen molar-refractivity contribution in [2.75, 3.05) is 39.9 Å². The number of nitrogens with one attached hydrogen (secondary N) is 2. The summed E-state index contributed by atoms with van der Waals surface area (Å²) in [6, 6.07) is 8.58. The van der Waals surface area contributed by atoms with E-state index in [1.54, 1.807) is 7.05 Å². The summed E-state index contributed by atoms with van der Waals surface area (Å²) < 4.78 is 5.67. The second-order valence-corrected chi connectivity index (χ2v) is 8.52. The minimum absolute atomic E-state index is 0.0166. The Morgan fingerprint density at radius 2 is 2.10 bits per heavy atom. The molecule has 166 valence electrons. The van der Waals surface area contributed by atoms with Crippen LogP contribution in [0, 0.1) is 11.8 Å². The molecule has 7 heteroatoms. The molecule has 1 aliphatic carbocycles. The molecule has 1 unspecified atom stereocenters. The van der Waals surface area contributed by atoms with E-state index in [1.165, 1.54) is 24.0 Å². The summed E-state index contributed by atoms with van der Waals surface area (Å²) in [5.74, 6) is 1.44. The Hall–Kier alpha value is -2.12. The fourth-order valence-corrected chi connectivity index (χ4v) is 3.85. The van der Waals surface area contributed by atoms with Crippen LogP contribution in [0.25, 0.3) is 0 Å². The highest BCUT2D eigenvalue weighted by Crippen LogP contribution is 2.28. The maximum absolute atomic E-state index is 11.5. The van der Waals surface area contributed by atoms with Crippen molar-refractivity contribution in [1.82, 2.24) is 15.5 Å². The van der Waals surface area contributed by atoms with Gasteiger partial charge in [-0.05, 0) is 55.7 Å². The molecule has 0 spiro atoms. The van der Waals surface area contributed by atoms with Gasteiger partial charge in [0.1, 0.15) is 0 Å². The zero-order chi connectivity index (χ0) is 21.2. The molecule has 1 aromatic carbocycles. The van der Waals surface area contributed by atoms with Gasteiger partial charge < -0.3 is 21.1 Å². The smallest absolute Gasteiger partial charge is 0.221 e. The number of piperidine rings is 1. The molecular weight excluding hydrogens is 378 g/mol. The minimum atomic E-state index is -0.175. The fraction of sp³-hybridized carbons (Fsp3) is 0.652. The fourth-order valence-electron chi connectivity index (χ4n) is 3.85. The zero-order valence-electron chi connectivity index (χ0n) is 18.2. The number of nitrogens with two attached hydrogens (primary N) is 1. The van der Waals surface area contributed by atoms with Crippen LogP contribution < -0.4 is 16.4 Å². The first kappa shape index (κ1) is 22.6. The van der Waals surface area contributed by atoms with Gasteiger partial charge in [-0.25, -0.2) is 0 Å². The lowest BCUT2D eigenvalue weighted by Gasteiger charge is -2.31. The van der Waals surface area contributed by atoms with E-state index in [9.17, 15) is 4.79 Å². The largest absolute Gasteiger partial charge is 0.381 e. The van der Waals surface area contributed by atoms with Crippen LogP contribution in [0.3, 0.4) is 0 Å². The van der Waals surface area contributed by atoms with E-state index in [0.717, 1.165) is 77.1 Å². The summed E-state index contributed by atoms with van der Waals surface area (Å²) in [5.41, 5.74) is 7.98. The molecule has 7 nitrogen and oxygen atoms in total. The van der Waals surface area contributed by atoms with Crippen LogP contribution in [0.5, 0.6) is 0 Å². The highest BCUT2D eigenvalue weighted by Gasteiger charge is 2.24. The summed E-state index contributed by atoms with van der Waals surface area (Å²) in [6.07, 6.45) is 5.59. The van der Waals surface area contributed by atoms with Gasteiger partial charge in [0.25, 0.3) is 0 Å². The maximum atomic E-state index is 11.5. The van der Waals surface area contributed by atoms with E-state index < -0.39 is 0 Å². The summed E-state index contributed by atoms with van der Waals surface area (Å²) >= 11 is 0. The number of hydrogen-bond acceptors (Lipinski definition) is 4. The lowest BCUT2D eigenvalue weighted by atomic mass is 9.97. The number of primary amides is 1. The Morgan fingerprint density at radius 3 is 2.87 bits per heavy atom. The number of ether oxygens (including phenoxy) is 1. The SMILES string of the molecule is CN=C(NCCCOCC1CC1)NCc1cccc(CN2CCCC(C(N)=O)C2)c1. The second kappa shape index (κ2) is 11.9. The van der Waals surface area contributed by atoms with Crippen LogP contribution in [-0.4, -0.2) is 56.7 Å². The molecule has 0 radical (unpaired) electrons. The summed E-state index contributed by atoms with van der Waals surface area (Å²) in [5, 5.41) is 6.73. The molecule has 1 saturated carbocycles. The number of benzene rings is 1. The molecule has 1 atom stereocenters. The van der Waals surface area contributed by atoms with Crippen molar-refractivity contribution in [3.8, 4) is 0 Å². The molecular formula is C23H37N5O2. The van der Waals surface area contributed by atoms with Crippen molar-refractivity contribution >= 4 is 11.9 Å². The van der Waals surface area contributed by atoms with Gasteiger partial charge in [-0.2, -0.15) is 0 Å². The van der Waals surface area contributed by atoms with Crippen LogP contribution in [0.2, 0.25) is 0 Å². The number of rotatable bonds is 11. The normalized spacial score (nSPS) is 20.2. The molecule has 4 N–H and O–H groups in total. The average molecular weight is 416 g/mol. The molecule has 0 aromatic heterocycles. The van der Waals surface area contributed by atoms with E-state index in [2.05, 4.69) is 44.8 Å². The highest BCUT2D eigenvalue weighted by molar-refractivity contribution is 5.79. The highest BCUT2D eigenvalue weighted by atomic mass is 16.5. The zero-order valence-corrected chi connectivity index (χ0v) is 18.2. The van der Waals surface area contributed by atoms with Gasteiger partial charge in [0.2, 0.25) is 5.91 Å². The van der Waals surface area contributed by atoms with Crippen LogP contribution in [0.4, 0.5) is 0 Å². The summed E-state index contributed by atoms with van der Waals surface area (Å²) in [7, 11) is 1.79. The van der Waals surface area contributed by atoms with Gasteiger partial charge >= 0.3 is 0 Å². The van der Waals surface area contributed by atoms with E-state index in [-0.39, 0.29) is 11.8 Å². The lowest BCUT2D eigenvalue weighted by Crippen LogP contribution is -2.40. The van der Waals surface area contributed by atoms with E-state index in [1.807, 2.05) is 0 Å². The van der Waals surface area contributed by atoms with E-state index >= 15 is 0 Å². The van der Waals surface area contributed by atoms with E-state index in [4.69, 9.17) is 10.5 Å². The van der Waals surface area contributed by atoms with Gasteiger partial charge in [0, 0.05) is 46.4 Å². The molecule has 1 aromatic rings. The molecule has 1 amide bonds. The van der Waals surface area contributed by atoms with E-state index in [0.29, 0.717) is 0 Å². The third-order valence-electron chi connectivity index (χ3n) is 5.80. The molecule has 1 aliphatic heterocycles. The van der Waals surface area contributed by atoms with Gasteiger partial charge in [-0.3, -0.25) is 14.7 Å². The van der Waals surface area contributed by atoms with Gasteiger partial charge in [-0.1, -0.05) is 24.3 Å². The number of carbonyl (C=O) groups excluding carboxylic acids is 1. The first-order chi connectivity index (χ1) is 14.6. The number of guanidine groups is 1. The molecule has 2 fully saturated rings. The van der Waals surface area contributed by atoms with Crippen LogP contribution in [0.1, 0.15) is 43.2 Å². The number of hydrogen-bond donors (Lipinski definition) is 3. The first-order valence-corrected chi connectivity index (χ1v) is 11.3. The standard InChI is InChI=1S/C23H37N5O2/c1-25-23(26-10-4-12-30-17-18-8-9-18)27-14-19-5-2-6-20(13-19)15-28-11-3-7-21(16-28)22(24)29/h2,5-6,13,18,21H,3-4,7-12,14-17H2,1H3,(H2,24,29)(H2,25,26,27). The number of carbonyl (C=O) groups is 1. The average Bonchev–Trinajstić information content (AvgIpc) is 3.57. The number of likely N-dealkylation sites (tertiary alicyclic amines) is 1. The van der Waals surface area contributed by atoms with Gasteiger partial charge in [-0.15, -0.1) is 0 Å². The Kier molecular flexibility index (Phi) is 8.96. The predicted molar refractivity (Wildman–Crippen MR) is 120 cm³/mol. The van der Waals surface area contributed by atoms with Crippen molar-refractivity contribution in [3.05, 3.63) is 35.4 Å². The van der Waals surface area contributed by atoms with Crippen molar-refractivity contribution in [3.63, 3.8) is 0 Å². The summed E-state index contributed by atoms with van der Waals surface area (Å²) in [6.45, 7) is 5.92. The quantitative estimate of drug-likeness (QED) is 0.292. The summed E-state index contributed by atoms with van der Waals surface area (Å²) in [4.78, 5) is 18.1. The first-order valence-electron chi connectivity index (χ1n) is 11.3. The Bertz CT molecular complexity index is 705. The second-order valence-electron chi connectivity index (χ2n) is 8.52. The van der Waals surface area contributed by atoms with Crippen LogP contribution in [0.15, 0.2) is 29.3 Å². The topological polar surface area (TPSA) is 92.0 Å². The molecule has 2 aliphatic rings. The van der Waals surface area contributed by atoms with Crippen LogP contribution in [-0.2, 0) is 22.6 Å². The Balaban J connectivity index is 1.37. The van der Waals surface area contributed by atoms with Crippen molar-refractivity contribution in [2.24, 2.45) is 22.6 Å². The Labute approximate surface area is 180 Å². The maximum Gasteiger partial charge on any atom is 0.221 e. The molecule has 3 rings (SSSR count). The third-order valence-corrected chi connectivity index (χ3v) is 5.80. The van der Waals surface area contributed by atoms with Crippen molar-refractivity contribution in [2.45, 2.75) is 45.2 Å². The molecule has 30 heavy (non-hydrogen) atoms. The Morgan fingerprint density at radius 1 is 1.27 bits per heavy atom. The minimum Gasteiger partial charge on any atom is -0.381 e. The number of amides is 1. The molecule has 0 bridgehead atoms. The van der Waals surface area contributed by atoms with Crippen molar-refractivity contribution < 1.29 is 9.53 Å². The lowest BCUT2D eigenvalue weighted by molar-refractivity contribution is -0.123. The number of nitrogens with zero attached hydrogens (tertiary/aromatic N) is 2. The van der Waals surface area contributed by atoms with Crippen LogP contribution >= 0.6 is 0 Å². The van der Waals surface area contributed by atoms with Crippen molar-refractivity contribution in [1.29, 1.82) is 0 Å². The monoisotopic (exact) mass is 415 g/mol. The number of aliphatic imine (C=N–C) groups is 1. The third kappa shape index (κ3) is 7.95. The van der Waals surface area contributed by atoms with Gasteiger partial charge in [0.05, 0.1) is 5.92 Å². The predicted octanol–water partition coefficient (Wildman–Crippen LogP) is 1.87. The molecule has 1 heterocycles.